The highest BCUT2D eigenvalue weighted by Crippen LogP contribution is 2.58. The minimum absolute atomic E-state index is 0.100. The fourth-order valence-electron chi connectivity index (χ4n) is 7.51. The summed E-state index contributed by atoms with van der Waals surface area (Å²) in [5.41, 5.74) is 0.666. The molecule has 2 aliphatic heterocycles. The molecule has 14 heteroatoms. The van der Waals surface area contributed by atoms with Crippen LogP contribution in [0.5, 0.6) is 0 Å². The molecule has 1 saturated carbocycles. The third kappa shape index (κ3) is 4.20. The molecule has 14 nitrogen and oxygen atoms in total. The van der Waals surface area contributed by atoms with E-state index in [1.807, 2.05) is 6.08 Å². The van der Waals surface area contributed by atoms with E-state index in [0.29, 0.717) is 11.3 Å². The van der Waals surface area contributed by atoms with E-state index in [2.05, 4.69) is 0 Å². The van der Waals surface area contributed by atoms with Gasteiger partial charge in [-0.2, -0.15) is 0 Å². The maximum absolute atomic E-state index is 14.0. The van der Waals surface area contributed by atoms with Crippen LogP contribution in [-0.4, -0.2) is 38.6 Å². The molecule has 2 aliphatic carbocycles. The van der Waals surface area contributed by atoms with Crippen molar-refractivity contribution in [1.82, 2.24) is 0 Å². The van der Waals surface area contributed by atoms with Crippen molar-refractivity contribution in [3.05, 3.63) is 104 Å². The van der Waals surface area contributed by atoms with Crippen molar-refractivity contribution >= 4 is 46.4 Å². The molecule has 0 bridgehead atoms. The maximum Gasteiger partial charge on any atom is 0.269 e. The number of hydrogen-bond donors (Lipinski definition) is 1. The summed E-state index contributed by atoms with van der Waals surface area (Å²) in [6, 6.07) is 13.4. The molecule has 3 fully saturated rings. The summed E-state index contributed by atoms with van der Waals surface area (Å²) in [5.74, 6) is -6.17. The third-order valence-electron chi connectivity index (χ3n) is 9.43. The molecule has 4 amide bonds. The highest BCUT2D eigenvalue weighted by atomic mass is 16.6. The van der Waals surface area contributed by atoms with Crippen LogP contribution < -0.4 is 9.80 Å². The number of nitro groups is 2. The number of amides is 4. The molecule has 6 unspecified atom stereocenters. The predicted molar refractivity (Wildman–Crippen MR) is 153 cm³/mol. The van der Waals surface area contributed by atoms with Crippen molar-refractivity contribution in [1.29, 1.82) is 0 Å². The van der Waals surface area contributed by atoms with Crippen LogP contribution in [0, 0.1) is 49.8 Å². The van der Waals surface area contributed by atoms with E-state index < -0.39 is 75.6 Å². The zero-order valence-electron chi connectivity index (χ0n) is 23.3. The molecular weight excluding hydrogens is 588 g/mol. The van der Waals surface area contributed by atoms with Gasteiger partial charge in [0.25, 0.3) is 11.4 Å². The van der Waals surface area contributed by atoms with E-state index in [1.54, 1.807) is 12.1 Å². The average molecular weight is 613 g/mol. The van der Waals surface area contributed by atoms with E-state index in [4.69, 9.17) is 4.42 Å². The quantitative estimate of drug-likeness (QED) is 0.186. The Morgan fingerprint density at radius 3 is 1.76 bits per heavy atom. The summed E-state index contributed by atoms with van der Waals surface area (Å²) < 4.78 is 5.91. The van der Waals surface area contributed by atoms with Crippen LogP contribution in [0.2, 0.25) is 0 Å². The van der Waals surface area contributed by atoms with Gasteiger partial charge in [0.2, 0.25) is 23.6 Å². The largest absolute Gasteiger partial charge is 0.463 e. The van der Waals surface area contributed by atoms with E-state index in [9.17, 15) is 44.5 Å². The SMILES string of the molecule is O=C1C2CC=C3C(CC4C(=O)N(c5ccc([N+](=O)[O-])cc5)C(=O)C4C3c3ccc(CO)o3)C2C(=O)N1c1ccc([N+](=O)[O-])cc1. The standard InChI is InChI=1S/C31H24N4O10/c36-14-19-9-12-24(45-19)26-20-10-11-21-25(30(39)32(28(21)37)15-1-5-17(6-2-15)34(41)42)22(20)13-23-27(26)31(40)33(29(23)38)16-3-7-18(8-4-16)35(43)44/h1-10,12,21-23,25-27,36H,11,13-14H2. The highest BCUT2D eigenvalue weighted by molar-refractivity contribution is 6.24. The number of fused-ring (bicyclic) bond motifs is 4. The Morgan fingerprint density at radius 1 is 0.711 bits per heavy atom. The predicted octanol–water partition coefficient (Wildman–Crippen LogP) is 3.63. The first-order valence-corrected chi connectivity index (χ1v) is 14.2. The van der Waals surface area contributed by atoms with E-state index in [0.717, 1.165) is 9.80 Å². The van der Waals surface area contributed by atoms with Crippen molar-refractivity contribution in [3.8, 4) is 0 Å². The molecule has 4 aliphatic rings. The minimum atomic E-state index is -0.914. The normalized spacial score (nSPS) is 27.3. The number of allylic oxidation sites excluding steroid dienone is 2. The van der Waals surface area contributed by atoms with Crippen molar-refractivity contribution < 1.29 is 38.5 Å². The number of nitrogens with zero attached hydrogens (tertiary/aromatic N) is 4. The first kappa shape index (κ1) is 28.3. The van der Waals surface area contributed by atoms with Gasteiger partial charge in [0.05, 0.1) is 50.8 Å². The monoisotopic (exact) mass is 612 g/mol. The van der Waals surface area contributed by atoms with Crippen molar-refractivity contribution in [2.24, 2.45) is 29.6 Å². The number of imide groups is 2. The van der Waals surface area contributed by atoms with Crippen LogP contribution in [0.1, 0.15) is 30.3 Å². The van der Waals surface area contributed by atoms with Crippen molar-refractivity contribution in [2.45, 2.75) is 25.4 Å². The van der Waals surface area contributed by atoms with E-state index in [-0.39, 0.29) is 41.4 Å². The van der Waals surface area contributed by atoms with Gasteiger partial charge in [-0.1, -0.05) is 11.6 Å². The second kappa shape index (κ2) is 10.3. The third-order valence-corrected chi connectivity index (χ3v) is 9.43. The van der Waals surface area contributed by atoms with Crippen molar-refractivity contribution in [3.63, 3.8) is 0 Å². The second-order valence-corrected chi connectivity index (χ2v) is 11.6. The molecular formula is C31H24N4O10. The van der Waals surface area contributed by atoms with Crippen molar-refractivity contribution in [2.75, 3.05) is 9.80 Å². The fraction of sp³-hybridized carbons (Fsp3) is 0.290. The number of furan rings is 1. The molecule has 2 saturated heterocycles. The summed E-state index contributed by atoms with van der Waals surface area (Å²) in [4.78, 5) is 78.8. The number of aliphatic hydroxyl groups is 1. The van der Waals surface area contributed by atoms with Gasteiger partial charge in [-0.3, -0.25) is 49.2 Å². The minimum Gasteiger partial charge on any atom is -0.463 e. The Labute approximate surface area is 253 Å². The number of aliphatic hydroxyl groups excluding tert-OH is 1. The topological polar surface area (TPSA) is 194 Å². The summed E-state index contributed by atoms with van der Waals surface area (Å²) in [6.45, 7) is -0.396. The number of carbonyl (C=O) groups is 4. The molecule has 7 rings (SSSR count). The Kier molecular flexibility index (Phi) is 6.47. The number of carbonyl (C=O) groups excluding carboxylic acids is 4. The lowest BCUT2D eigenvalue weighted by atomic mass is 9.58. The Balaban J connectivity index is 1.28. The molecule has 1 N–H and O–H groups in total. The number of hydrogen-bond acceptors (Lipinski definition) is 10. The molecule has 2 aromatic carbocycles. The molecule has 6 atom stereocenters. The molecule has 1 aromatic heterocycles. The molecule has 3 aromatic rings. The Hall–Kier alpha value is -5.50. The zero-order chi connectivity index (χ0) is 31.7. The van der Waals surface area contributed by atoms with Gasteiger partial charge in [0.15, 0.2) is 0 Å². The van der Waals surface area contributed by atoms with Crippen LogP contribution in [0.15, 0.2) is 76.7 Å². The summed E-state index contributed by atoms with van der Waals surface area (Å²) in [5, 5.41) is 32.0. The maximum atomic E-state index is 14.0. The number of non-ortho nitro benzene ring substituents is 2. The Bertz CT molecular complexity index is 1830. The number of nitro benzene ring substituents is 2. The van der Waals surface area contributed by atoms with Crippen LogP contribution in [0.4, 0.5) is 22.7 Å². The number of anilines is 2. The van der Waals surface area contributed by atoms with Crippen LogP contribution in [-0.2, 0) is 25.8 Å². The van der Waals surface area contributed by atoms with E-state index >= 15 is 0 Å². The fourth-order valence-corrected chi connectivity index (χ4v) is 7.51. The first-order valence-electron chi connectivity index (χ1n) is 14.2. The smallest absolute Gasteiger partial charge is 0.269 e. The van der Waals surface area contributed by atoms with Crippen LogP contribution in [0.25, 0.3) is 0 Å². The van der Waals surface area contributed by atoms with Gasteiger partial charge in [-0.25, -0.2) is 0 Å². The Morgan fingerprint density at radius 2 is 1.24 bits per heavy atom. The lowest BCUT2D eigenvalue weighted by molar-refractivity contribution is -0.385. The number of rotatable bonds is 6. The van der Waals surface area contributed by atoms with Gasteiger partial charge in [0.1, 0.15) is 18.1 Å². The lowest BCUT2D eigenvalue weighted by Gasteiger charge is -2.43. The molecule has 45 heavy (non-hydrogen) atoms. The summed E-state index contributed by atoms with van der Waals surface area (Å²) in [7, 11) is 0. The van der Waals surface area contributed by atoms with E-state index in [1.165, 1.54) is 48.5 Å². The average Bonchev–Trinajstić information content (AvgIpc) is 3.69. The van der Waals surface area contributed by atoms with Crippen LogP contribution >= 0.6 is 0 Å². The summed E-state index contributed by atoms with van der Waals surface area (Å²) >= 11 is 0. The van der Waals surface area contributed by atoms with Gasteiger partial charge >= 0.3 is 0 Å². The second-order valence-electron chi connectivity index (χ2n) is 11.6. The molecule has 0 spiro atoms. The highest BCUT2D eigenvalue weighted by Gasteiger charge is 2.62. The molecule has 228 valence electrons. The van der Waals surface area contributed by atoms with Gasteiger partial charge < -0.3 is 9.52 Å². The van der Waals surface area contributed by atoms with Gasteiger partial charge in [-0.05, 0) is 55.2 Å². The van der Waals surface area contributed by atoms with Crippen LogP contribution in [0.3, 0.4) is 0 Å². The van der Waals surface area contributed by atoms with Gasteiger partial charge in [-0.15, -0.1) is 0 Å². The van der Waals surface area contributed by atoms with Gasteiger partial charge in [0, 0.05) is 24.3 Å². The lowest BCUT2D eigenvalue weighted by Crippen LogP contribution is -2.43. The zero-order valence-corrected chi connectivity index (χ0v) is 23.3. The first-order chi connectivity index (χ1) is 21.6. The summed E-state index contributed by atoms with van der Waals surface area (Å²) in [6.07, 6.45) is 2.13. The number of benzene rings is 2. The molecule has 3 heterocycles. The molecule has 0 radical (unpaired) electrons.